The van der Waals surface area contributed by atoms with E-state index in [-0.39, 0.29) is 0 Å². The molecule has 0 radical (unpaired) electrons. The molecule has 0 N–H and O–H groups in total. The van der Waals surface area contributed by atoms with Gasteiger partial charge in [0.2, 0.25) is 0 Å². The van der Waals surface area contributed by atoms with Crippen LogP contribution in [0.25, 0.3) is 100 Å². The zero-order valence-corrected chi connectivity index (χ0v) is 30.5. The van der Waals surface area contributed by atoms with Gasteiger partial charge in [-0.2, -0.15) is 0 Å². The summed E-state index contributed by atoms with van der Waals surface area (Å²) in [7, 11) is 0. The van der Waals surface area contributed by atoms with E-state index in [0.717, 1.165) is 61.5 Å². The Morgan fingerprint density at radius 3 is 1.20 bits per heavy atom. The minimum atomic E-state index is 0.714. The molecule has 3 nitrogen and oxygen atoms in total. The van der Waals surface area contributed by atoms with Crippen molar-refractivity contribution in [2.45, 2.75) is 0 Å². The first kappa shape index (κ1) is 33.1. The smallest absolute Gasteiger partial charge is 0.160 e. The fourth-order valence-electron chi connectivity index (χ4n) is 7.69. The van der Waals surface area contributed by atoms with Crippen LogP contribution in [-0.2, 0) is 0 Å². The van der Waals surface area contributed by atoms with Crippen molar-refractivity contribution in [1.29, 1.82) is 0 Å². The predicted octanol–water partition coefficient (Wildman–Crippen LogP) is 13.8. The Balaban J connectivity index is 1.03. The van der Waals surface area contributed by atoms with Crippen LogP contribution in [0.1, 0.15) is 0 Å². The first-order valence-corrected chi connectivity index (χ1v) is 18.9. The highest BCUT2D eigenvalue weighted by molar-refractivity contribution is 6.18. The number of hydrogen-bond acceptors (Lipinski definition) is 3. The van der Waals surface area contributed by atoms with Crippen LogP contribution in [0.4, 0.5) is 0 Å². The molecule has 0 aliphatic heterocycles. The normalized spacial score (nSPS) is 11.2. The van der Waals surface area contributed by atoms with Crippen LogP contribution in [0.15, 0.2) is 212 Å². The molecule has 0 unspecified atom stereocenters. The van der Waals surface area contributed by atoms with Crippen molar-refractivity contribution in [2.75, 3.05) is 0 Å². The van der Waals surface area contributed by atoms with Crippen LogP contribution < -0.4 is 0 Å². The molecule has 0 spiro atoms. The molecule has 10 aromatic rings. The standard InChI is InChI=1S/C53H35N3/c1-5-15-38(16-6-1)47-34-48(40-17-7-2-8-18-40)54-51-33-46(44-23-13-14-24-45(44)52(47)51)39-29-25-36(26-30-39)37-27-31-42(32-28-37)50-35-49(41-19-9-3-10-20-41)55-53(56-50)43-21-11-4-12-22-43/h1-35H. The van der Waals surface area contributed by atoms with Gasteiger partial charge in [0, 0.05) is 27.6 Å². The van der Waals surface area contributed by atoms with Crippen molar-refractivity contribution >= 4 is 21.7 Å². The van der Waals surface area contributed by atoms with E-state index in [2.05, 4.69) is 170 Å². The maximum atomic E-state index is 5.30. The number of aromatic nitrogens is 3. The van der Waals surface area contributed by atoms with E-state index < -0.39 is 0 Å². The molecule has 0 amide bonds. The summed E-state index contributed by atoms with van der Waals surface area (Å²) in [4.78, 5) is 15.3. The number of pyridine rings is 1. The third-order valence-corrected chi connectivity index (χ3v) is 10.5. The summed E-state index contributed by atoms with van der Waals surface area (Å²) in [6.45, 7) is 0. The lowest BCUT2D eigenvalue weighted by molar-refractivity contribution is 1.18. The minimum absolute atomic E-state index is 0.714. The van der Waals surface area contributed by atoms with E-state index in [9.17, 15) is 0 Å². The number of benzene rings is 8. The summed E-state index contributed by atoms with van der Waals surface area (Å²) in [5.41, 5.74) is 14.9. The SMILES string of the molecule is c1ccc(-c2cc(-c3ccc(-c4ccc(-c5cc6nc(-c7ccccc7)cc(-c7ccccc7)c6c6ccccc56)cc4)cc3)nc(-c3ccccc3)n2)cc1. The molecule has 262 valence electrons. The second kappa shape index (κ2) is 14.4. The number of nitrogens with zero attached hydrogens (tertiary/aromatic N) is 3. The molecular weight excluding hydrogens is 679 g/mol. The summed E-state index contributed by atoms with van der Waals surface area (Å²) >= 11 is 0. The van der Waals surface area contributed by atoms with Gasteiger partial charge in [0.1, 0.15) is 0 Å². The molecule has 0 atom stereocenters. The molecule has 10 rings (SSSR count). The molecule has 3 heteroatoms. The van der Waals surface area contributed by atoms with E-state index in [4.69, 9.17) is 15.0 Å². The average Bonchev–Trinajstić information content (AvgIpc) is 3.29. The third kappa shape index (κ3) is 6.31. The first-order chi connectivity index (χ1) is 27.7. The summed E-state index contributed by atoms with van der Waals surface area (Å²) in [5, 5.41) is 3.57. The minimum Gasteiger partial charge on any atom is -0.248 e. The topological polar surface area (TPSA) is 38.7 Å². The monoisotopic (exact) mass is 713 g/mol. The largest absolute Gasteiger partial charge is 0.248 e. The molecule has 2 aromatic heterocycles. The Morgan fingerprint density at radius 2 is 0.643 bits per heavy atom. The maximum Gasteiger partial charge on any atom is 0.160 e. The second-order valence-electron chi connectivity index (χ2n) is 14.0. The Morgan fingerprint density at radius 1 is 0.250 bits per heavy atom. The molecule has 0 saturated carbocycles. The number of hydrogen-bond donors (Lipinski definition) is 0. The van der Waals surface area contributed by atoms with Gasteiger partial charge in [0.15, 0.2) is 5.82 Å². The zero-order valence-electron chi connectivity index (χ0n) is 30.5. The van der Waals surface area contributed by atoms with E-state index in [1.54, 1.807) is 0 Å². The van der Waals surface area contributed by atoms with Gasteiger partial charge in [-0.1, -0.05) is 194 Å². The van der Waals surface area contributed by atoms with Gasteiger partial charge in [-0.3, -0.25) is 0 Å². The molecule has 0 bridgehead atoms. The maximum absolute atomic E-state index is 5.30. The first-order valence-electron chi connectivity index (χ1n) is 18.9. The van der Waals surface area contributed by atoms with Gasteiger partial charge in [-0.15, -0.1) is 0 Å². The summed E-state index contributed by atoms with van der Waals surface area (Å²) < 4.78 is 0. The number of rotatable bonds is 7. The molecule has 0 saturated heterocycles. The van der Waals surface area contributed by atoms with E-state index in [1.807, 2.05) is 42.5 Å². The van der Waals surface area contributed by atoms with Crippen molar-refractivity contribution in [1.82, 2.24) is 15.0 Å². The average molecular weight is 714 g/mol. The van der Waals surface area contributed by atoms with E-state index in [0.29, 0.717) is 5.82 Å². The van der Waals surface area contributed by atoms with Crippen molar-refractivity contribution in [3.8, 4) is 78.5 Å². The van der Waals surface area contributed by atoms with Gasteiger partial charge in [-0.05, 0) is 62.4 Å². The van der Waals surface area contributed by atoms with Gasteiger partial charge in [0.25, 0.3) is 0 Å². The predicted molar refractivity (Wildman–Crippen MR) is 233 cm³/mol. The van der Waals surface area contributed by atoms with Crippen molar-refractivity contribution in [3.63, 3.8) is 0 Å². The molecular formula is C53H35N3. The molecule has 2 heterocycles. The van der Waals surface area contributed by atoms with Crippen LogP contribution in [0.5, 0.6) is 0 Å². The lowest BCUT2D eigenvalue weighted by Crippen LogP contribution is -1.95. The zero-order chi connectivity index (χ0) is 37.3. The van der Waals surface area contributed by atoms with E-state index in [1.165, 1.54) is 32.8 Å². The molecule has 0 fully saturated rings. The Bertz CT molecular complexity index is 2900. The van der Waals surface area contributed by atoms with E-state index >= 15 is 0 Å². The van der Waals surface area contributed by atoms with Crippen molar-refractivity contribution < 1.29 is 0 Å². The van der Waals surface area contributed by atoms with Gasteiger partial charge < -0.3 is 0 Å². The van der Waals surface area contributed by atoms with Crippen molar-refractivity contribution in [3.05, 3.63) is 212 Å². The summed E-state index contributed by atoms with van der Waals surface area (Å²) in [6.07, 6.45) is 0. The van der Waals surface area contributed by atoms with Crippen LogP contribution in [0, 0.1) is 0 Å². The van der Waals surface area contributed by atoms with Crippen LogP contribution >= 0.6 is 0 Å². The van der Waals surface area contributed by atoms with Crippen LogP contribution in [0.3, 0.4) is 0 Å². The second-order valence-corrected chi connectivity index (χ2v) is 14.0. The summed E-state index contributed by atoms with van der Waals surface area (Å²) in [6, 6.07) is 74.5. The fraction of sp³-hybridized carbons (Fsp3) is 0. The lowest BCUT2D eigenvalue weighted by atomic mass is 9.90. The quantitative estimate of drug-likeness (QED) is 0.154. The number of fused-ring (bicyclic) bond motifs is 3. The van der Waals surface area contributed by atoms with Gasteiger partial charge in [-0.25, -0.2) is 15.0 Å². The Hall–Kier alpha value is -7.49. The van der Waals surface area contributed by atoms with Crippen LogP contribution in [0.2, 0.25) is 0 Å². The fourth-order valence-corrected chi connectivity index (χ4v) is 7.69. The third-order valence-electron chi connectivity index (χ3n) is 10.5. The van der Waals surface area contributed by atoms with Crippen LogP contribution in [-0.4, -0.2) is 15.0 Å². The summed E-state index contributed by atoms with van der Waals surface area (Å²) in [5.74, 6) is 0.714. The molecule has 0 aliphatic rings. The Kier molecular flexibility index (Phi) is 8.51. The molecule has 56 heavy (non-hydrogen) atoms. The highest BCUT2D eigenvalue weighted by Gasteiger charge is 2.17. The Labute approximate surface area is 326 Å². The van der Waals surface area contributed by atoms with Gasteiger partial charge in [0.05, 0.1) is 22.6 Å². The highest BCUT2D eigenvalue weighted by Crippen LogP contribution is 2.41. The lowest BCUT2D eigenvalue weighted by Gasteiger charge is -2.16. The van der Waals surface area contributed by atoms with Gasteiger partial charge >= 0.3 is 0 Å². The molecule has 8 aromatic carbocycles. The molecule has 0 aliphatic carbocycles. The van der Waals surface area contributed by atoms with Crippen molar-refractivity contribution in [2.24, 2.45) is 0 Å². The highest BCUT2D eigenvalue weighted by atomic mass is 14.9.